The summed E-state index contributed by atoms with van der Waals surface area (Å²) >= 11 is 3.45. The molecule has 0 spiro atoms. The Balaban J connectivity index is 1.45. The van der Waals surface area contributed by atoms with E-state index in [2.05, 4.69) is 20.7 Å². The molecule has 0 fully saturated rings. The summed E-state index contributed by atoms with van der Waals surface area (Å²) in [6.45, 7) is 3.23. The number of carbonyl (C=O) groups is 2. The lowest BCUT2D eigenvalue weighted by Crippen LogP contribution is -2.40. The predicted molar refractivity (Wildman–Crippen MR) is 186 cm³/mol. The molecule has 47 heavy (non-hydrogen) atoms. The SMILES string of the molecule is Cc1cccc(S(=O)(=O)NCC(=O)N(Cc2ccc(-c3ccc(Br)cc3)cc2)c2ccc(C(=O)O)c(OCc3ccccc3)c2)c1C. The zero-order chi connectivity index (χ0) is 33.6. The highest BCUT2D eigenvalue weighted by atomic mass is 79.9. The van der Waals surface area contributed by atoms with Gasteiger partial charge in [0.15, 0.2) is 0 Å². The Hall–Kier alpha value is -4.77. The molecule has 8 nitrogen and oxygen atoms in total. The number of nitrogens with one attached hydrogen (secondary N) is 1. The van der Waals surface area contributed by atoms with Crippen molar-refractivity contribution in [2.75, 3.05) is 11.4 Å². The quantitative estimate of drug-likeness (QED) is 0.138. The van der Waals surface area contributed by atoms with Crippen LogP contribution in [0.2, 0.25) is 0 Å². The molecular formula is C37H33BrN2O6S. The van der Waals surface area contributed by atoms with E-state index in [9.17, 15) is 23.1 Å². The van der Waals surface area contributed by atoms with Gasteiger partial charge in [0.05, 0.1) is 18.0 Å². The summed E-state index contributed by atoms with van der Waals surface area (Å²) in [5.41, 5.74) is 5.34. The predicted octanol–water partition coefficient (Wildman–Crippen LogP) is 7.52. The van der Waals surface area contributed by atoms with Gasteiger partial charge in [0.25, 0.3) is 0 Å². The van der Waals surface area contributed by atoms with Crippen LogP contribution in [0.1, 0.15) is 32.6 Å². The van der Waals surface area contributed by atoms with Crippen molar-refractivity contribution in [1.82, 2.24) is 4.72 Å². The summed E-state index contributed by atoms with van der Waals surface area (Å²) in [5.74, 6) is -1.63. The zero-order valence-corrected chi connectivity index (χ0v) is 28.2. The Bertz CT molecular complexity index is 2000. The molecular weight excluding hydrogens is 680 g/mol. The number of carboxylic acid groups (broad SMARTS) is 1. The monoisotopic (exact) mass is 712 g/mol. The maximum atomic E-state index is 13.8. The van der Waals surface area contributed by atoms with Gasteiger partial charge in [-0.05, 0) is 77.6 Å². The number of hydrogen-bond donors (Lipinski definition) is 2. The first-order valence-corrected chi connectivity index (χ1v) is 17.0. The van der Waals surface area contributed by atoms with Crippen LogP contribution in [0.25, 0.3) is 11.1 Å². The molecule has 5 rings (SSSR count). The first-order valence-electron chi connectivity index (χ1n) is 14.8. The summed E-state index contributed by atoms with van der Waals surface area (Å²) in [6, 6.07) is 34.3. The third-order valence-corrected chi connectivity index (χ3v) is 9.85. The largest absolute Gasteiger partial charge is 0.488 e. The average Bonchev–Trinajstić information content (AvgIpc) is 3.07. The number of anilines is 1. The minimum absolute atomic E-state index is 0.0634. The van der Waals surface area contributed by atoms with Crippen molar-refractivity contribution in [3.8, 4) is 16.9 Å². The Morgan fingerprint density at radius 1 is 0.809 bits per heavy atom. The summed E-state index contributed by atoms with van der Waals surface area (Å²) < 4.78 is 35.9. The zero-order valence-electron chi connectivity index (χ0n) is 25.8. The number of halogens is 1. The second-order valence-electron chi connectivity index (χ2n) is 11.0. The summed E-state index contributed by atoms with van der Waals surface area (Å²) in [4.78, 5) is 27.4. The van der Waals surface area contributed by atoms with Crippen molar-refractivity contribution in [3.05, 3.63) is 148 Å². The number of aryl methyl sites for hydroxylation is 1. The molecule has 1 amide bonds. The molecule has 2 N–H and O–H groups in total. The van der Waals surface area contributed by atoms with Gasteiger partial charge in [-0.15, -0.1) is 0 Å². The minimum Gasteiger partial charge on any atom is -0.488 e. The van der Waals surface area contributed by atoms with Crippen molar-refractivity contribution >= 4 is 43.5 Å². The number of rotatable bonds is 12. The van der Waals surface area contributed by atoms with Gasteiger partial charge in [-0.1, -0.05) is 94.8 Å². The van der Waals surface area contributed by atoms with Gasteiger partial charge in [-0.25, -0.2) is 17.9 Å². The van der Waals surface area contributed by atoms with Gasteiger partial charge in [-0.3, -0.25) is 4.79 Å². The average molecular weight is 714 g/mol. The van der Waals surface area contributed by atoms with Gasteiger partial charge in [-0.2, -0.15) is 0 Å². The number of amides is 1. The van der Waals surface area contributed by atoms with Crippen LogP contribution in [0.15, 0.2) is 125 Å². The van der Waals surface area contributed by atoms with Crippen LogP contribution in [-0.2, 0) is 28.0 Å². The highest BCUT2D eigenvalue weighted by molar-refractivity contribution is 9.10. The van der Waals surface area contributed by atoms with Gasteiger partial charge in [0, 0.05) is 16.2 Å². The molecule has 0 aliphatic carbocycles. The van der Waals surface area contributed by atoms with Crippen molar-refractivity contribution in [3.63, 3.8) is 0 Å². The van der Waals surface area contributed by atoms with E-state index in [0.29, 0.717) is 11.3 Å². The number of carboxylic acids is 1. The smallest absolute Gasteiger partial charge is 0.339 e. The Kier molecular flexibility index (Phi) is 10.6. The fraction of sp³-hybridized carbons (Fsp3) is 0.135. The van der Waals surface area contributed by atoms with E-state index in [1.807, 2.05) is 91.9 Å². The second kappa shape index (κ2) is 14.8. The molecule has 5 aromatic carbocycles. The normalized spacial score (nSPS) is 11.2. The molecule has 0 aliphatic rings. The number of sulfonamides is 1. The maximum absolute atomic E-state index is 13.8. The third kappa shape index (κ3) is 8.34. The molecule has 240 valence electrons. The molecule has 0 atom stereocenters. The molecule has 0 radical (unpaired) electrons. The molecule has 0 aromatic heterocycles. The van der Waals surface area contributed by atoms with E-state index in [1.54, 1.807) is 13.0 Å². The van der Waals surface area contributed by atoms with E-state index in [4.69, 9.17) is 4.74 Å². The van der Waals surface area contributed by atoms with Crippen molar-refractivity contribution in [1.29, 1.82) is 0 Å². The Morgan fingerprint density at radius 3 is 2.13 bits per heavy atom. The Labute approximate surface area is 282 Å². The highest BCUT2D eigenvalue weighted by Crippen LogP contribution is 2.29. The molecule has 0 saturated heterocycles. The first-order chi connectivity index (χ1) is 22.5. The van der Waals surface area contributed by atoms with Crippen LogP contribution in [-0.4, -0.2) is 31.9 Å². The van der Waals surface area contributed by atoms with Gasteiger partial charge >= 0.3 is 5.97 Å². The minimum atomic E-state index is -4.01. The van der Waals surface area contributed by atoms with E-state index < -0.39 is 28.4 Å². The van der Waals surface area contributed by atoms with Crippen LogP contribution in [0.3, 0.4) is 0 Å². The standard InChI is InChI=1S/C37H33BrN2O6S/c1-25-7-6-10-35(26(25)2)47(44,45)39-22-36(41)40(23-27-11-13-29(14-12-27)30-15-17-31(38)18-16-30)32-19-20-33(37(42)43)34(21-32)46-24-28-8-4-3-5-9-28/h3-21,39H,22-24H2,1-2H3,(H,42,43). The lowest BCUT2D eigenvalue weighted by Gasteiger charge is -2.25. The number of benzene rings is 5. The number of ether oxygens (including phenoxy) is 1. The van der Waals surface area contributed by atoms with Crippen molar-refractivity contribution in [2.45, 2.75) is 31.9 Å². The summed E-state index contributed by atoms with van der Waals surface area (Å²) in [5, 5.41) is 9.86. The van der Waals surface area contributed by atoms with Crippen LogP contribution >= 0.6 is 15.9 Å². The van der Waals surface area contributed by atoms with E-state index in [0.717, 1.165) is 32.3 Å². The molecule has 0 saturated carbocycles. The molecule has 5 aromatic rings. The van der Waals surface area contributed by atoms with Crippen LogP contribution in [0.5, 0.6) is 5.75 Å². The first kappa shape index (κ1) is 33.6. The topological polar surface area (TPSA) is 113 Å². The summed E-state index contributed by atoms with van der Waals surface area (Å²) in [7, 11) is -4.01. The fourth-order valence-corrected chi connectivity index (χ4v) is 6.56. The lowest BCUT2D eigenvalue weighted by atomic mass is 10.0. The molecule has 0 unspecified atom stereocenters. The van der Waals surface area contributed by atoms with Gasteiger partial charge in [0.2, 0.25) is 15.9 Å². The molecule has 10 heteroatoms. The molecule has 0 aliphatic heterocycles. The van der Waals surface area contributed by atoms with E-state index in [-0.39, 0.29) is 29.4 Å². The Morgan fingerprint density at radius 2 is 1.47 bits per heavy atom. The number of aromatic carboxylic acids is 1. The summed E-state index contributed by atoms with van der Waals surface area (Å²) in [6.07, 6.45) is 0. The second-order valence-corrected chi connectivity index (χ2v) is 13.6. The van der Waals surface area contributed by atoms with E-state index >= 15 is 0 Å². The van der Waals surface area contributed by atoms with Gasteiger partial charge < -0.3 is 14.7 Å². The maximum Gasteiger partial charge on any atom is 0.339 e. The van der Waals surface area contributed by atoms with Crippen LogP contribution in [0, 0.1) is 13.8 Å². The van der Waals surface area contributed by atoms with Crippen LogP contribution in [0.4, 0.5) is 5.69 Å². The molecule has 0 heterocycles. The molecule has 0 bridgehead atoms. The highest BCUT2D eigenvalue weighted by Gasteiger charge is 2.24. The number of nitrogens with zero attached hydrogens (tertiary/aromatic N) is 1. The van der Waals surface area contributed by atoms with Crippen molar-refractivity contribution in [2.24, 2.45) is 0 Å². The fourth-order valence-electron chi connectivity index (χ4n) is 5.01. The number of carbonyl (C=O) groups excluding carboxylic acids is 1. The number of hydrogen-bond acceptors (Lipinski definition) is 5. The van der Waals surface area contributed by atoms with Gasteiger partial charge in [0.1, 0.15) is 17.9 Å². The third-order valence-electron chi connectivity index (χ3n) is 7.78. The van der Waals surface area contributed by atoms with E-state index in [1.165, 1.54) is 29.2 Å². The van der Waals surface area contributed by atoms with Crippen LogP contribution < -0.4 is 14.4 Å². The van der Waals surface area contributed by atoms with Crippen molar-refractivity contribution < 1.29 is 27.9 Å². The lowest BCUT2D eigenvalue weighted by molar-refractivity contribution is -0.117.